The second-order valence-electron chi connectivity index (χ2n) is 17.2. The lowest BCUT2D eigenvalue weighted by Crippen LogP contribution is -2.30. The summed E-state index contributed by atoms with van der Waals surface area (Å²) < 4.78 is 16.7. The van der Waals surface area contributed by atoms with E-state index in [-0.39, 0.29) is 37.5 Å². The molecule has 6 heteroatoms. The highest BCUT2D eigenvalue weighted by atomic mass is 16.6. The highest BCUT2D eigenvalue weighted by molar-refractivity contribution is 5.71. The average molecular weight is 913 g/mol. The Kier molecular flexibility index (Phi) is 50.0. The topological polar surface area (TPSA) is 78.9 Å². The lowest BCUT2D eigenvalue weighted by atomic mass is 10.1. The van der Waals surface area contributed by atoms with Crippen LogP contribution in [0, 0.1) is 0 Å². The van der Waals surface area contributed by atoms with E-state index in [1.165, 1.54) is 89.9 Å². The minimum Gasteiger partial charge on any atom is -0.462 e. The number of unbranched alkanes of at least 4 members (excludes halogenated alkanes) is 20. The van der Waals surface area contributed by atoms with Gasteiger partial charge in [0, 0.05) is 19.3 Å². The first-order valence-corrected chi connectivity index (χ1v) is 26.6. The summed E-state index contributed by atoms with van der Waals surface area (Å²) in [5.41, 5.74) is 0. The van der Waals surface area contributed by atoms with Crippen molar-refractivity contribution in [3.8, 4) is 0 Å². The van der Waals surface area contributed by atoms with E-state index in [0.29, 0.717) is 25.7 Å². The van der Waals surface area contributed by atoms with Gasteiger partial charge in [-0.05, 0) is 96.3 Å². The number of carbonyl (C=O) groups is 3. The van der Waals surface area contributed by atoms with Crippen LogP contribution in [0.3, 0.4) is 0 Å². The molecule has 0 heterocycles. The van der Waals surface area contributed by atoms with Gasteiger partial charge in [0.2, 0.25) is 0 Å². The van der Waals surface area contributed by atoms with Gasteiger partial charge in [-0.25, -0.2) is 0 Å². The summed E-state index contributed by atoms with van der Waals surface area (Å²) in [7, 11) is 0. The molecule has 0 aromatic carbocycles. The van der Waals surface area contributed by atoms with Crippen molar-refractivity contribution in [2.24, 2.45) is 0 Å². The molecule has 0 aromatic rings. The van der Waals surface area contributed by atoms with Gasteiger partial charge in [0.15, 0.2) is 6.10 Å². The molecular weight excluding hydrogens is 817 g/mol. The number of carbonyl (C=O) groups excluding carboxylic acids is 3. The number of esters is 3. The number of rotatable bonds is 46. The van der Waals surface area contributed by atoms with Gasteiger partial charge in [0.1, 0.15) is 13.2 Å². The van der Waals surface area contributed by atoms with E-state index in [1.54, 1.807) is 0 Å². The number of ether oxygens (including phenoxy) is 3. The Morgan fingerprint density at radius 3 is 1.17 bits per heavy atom. The predicted molar refractivity (Wildman–Crippen MR) is 283 cm³/mol. The summed E-state index contributed by atoms with van der Waals surface area (Å²) >= 11 is 0. The van der Waals surface area contributed by atoms with Gasteiger partial charge in [-0.1, -0.05) is 226 Å². The smallest absolute Gasteiger partial charge is 0.306 e. The van der Waals surface area contributed by atoms with E-state index < -0.39 is 6.10 Å². The molecule has 372 valence electrons. The van der Waals surface area contributed by atoms with Crippen LogP contribution in [0.4, 0.5) is 0 Å². The van der Waals surface area contributed by atoms with E-state index in [2.05, 4.69) is 81.5 Å². The second-order valence-corrected chi connectivity index (χ2v) is 17.2. The van der Waals surface area contributed by atoms with Crippen molar-refractivity contribution in [2.75, 3.05) is 13.2 Å². The molecule has 66 heavy (non-hydrogen) atoms. The van der Waals surface area contributed by atoms with Gasteiger partial charge in [-0.3, -0.25) is 14.4 Å². The van der Waals surface area contributed by atoms with Crippen molar-refractivity contribution >= 4 is 17.9 Å². The van der Waals surface area contributed by atoms with Crippen molar-refractivity contribution in [1.29, 1.82) is 0 Å². The summed E-state index contributed by atoms with van der Waals surface area (Å²) in [5, 5.41) is 0. The highest BCUT2D eigenvalue weighted by Crippen LogP contribution is 2.14. The van der Waals surface area contributed by atoms with E-state index >= 15 is 0 Å². The van der Waals surface area contributed by atoms with Crippen molar-refractivity contribution in [1.82, 2.24) is 0 Å². The summed E-state index contributed by atoms with van der Waals surface area (Å²) in [6.07, 6.45) is 73.3. The van der Waals surface area contributed by atoms with Crippen molar-refractivity contribution in [2.45, 2.75) is 226 Å². The van der Waals surface area contributed by atoms with Crippen LogP contribution < -0.4 is 0 Å². The van der Waals surface area contributed by atoms with Gasteiger partial charge in [-0.15, -0.1) is 0 Å². The Labute approximate surface area is 405 Å². The second kappa shape index (κ2) is 53.4. The molecule has 0 bridgehead atoms. The van der Waals surface area contributed by atoms with Crippen LogP contribution in [0.5, 0.6) is 0 Å². The van der Waals surface area contributed by atoms with E-state index in [0.717, 1.165) is 77.0 Å². The van der Waals surface area contributed by atoms with E-state index in [1.807, 2.05) is 60.8 Å². The maximum atomic E-state index is 12.8. The maximum absolute atomic E-state index is 12.8. The molecule has 0 aliphatic heterocycles. The highest BCUT2D eigenvalue weighted by Gasteiger charge is 2.19. The molecule has 0 saturated carbocycles. The molecule has 0 aliphatic carbocycles. The van der Waals surface area contributed by atoms with Crippen LogP contribution in [0.25, 0.3) is 0 Å². The molecule has 0 saturated heterocycles. The van der Waals surface area contributed by atoms with Crippen LogP contribution in [0.2, 0.25) is 0 Å². The molecule has 0 aromatic heterocycles. The minimum absolute atomic E-state index is 0.114. The molecule has 0 amide bonds. The van der Waals surface area contributed by atoms with Crippen molar-refractivity contribution in [3.05, 3.63) is 122 Å². The summed E-state index contributed by atoms with van der Waals surface area (Å²) in [6.45, 7) is 6.29. The monoisotopic (exact) mass is 913 g/mol. The Morgan fingerprint density at radius 2 is 0.667 bits per heavy atom. The fourth-order valence-electron chi connectivity index (χ4n) is 6.89. The zero-order valence-corrected chi connectivity index (χ0v) is 42.4. The summed E-state index contributed by atoms with van der Waals surface area (Å²) in [6, 6.07) is 0. The first-order valence-electron chi connectivity index (χ1n) is 26.6. The van der Waals surface area contributed by atoms with Gasteiger partial charge in [0.25, 0.3) is 0 Å². The molecule has 1 atom stereocenters. The predicted octanol–water partition coefficient (Wildman–Crippen LogP) is 17.7. The minimum atomic E-state index is -0.822. The number of hydrogen-bond acceptors (Lipinski definition) is 6. The number of allylic oxidation sites excluding steroid dienone is 20. The fraction of sp³-hybridized carbons (Fsp3) is 0.617. The third kappa shape index (κ3) is 50.8. The SMILES string of the molecule is CC\C=C/C=C\C=C/C=C\C=C\C=C/CCCCCC(=O)OC(COC(=O)CCCC/C=C\C/C=C\C/C=C\CC)COC(=O)CCCCCCCCC/C=C\CCCCCCCCCC. The van der Waals surface area contributed by atoms with Crippen LogP contribution in [0.15, 0.2) is 122 Å². The van der Waals surface area contributed by atoms with Crippen LogP contribution in [0.1, 0.15) is 220 Å². The summed E-state index contributed by atoms with van der Waals surface area (Å²) in [5.74, 6) is -1.01. The first-order chi connectivity index (χ1) is 32.5. The zero-order valence-electron chi connectivity index (χ0n) is 42.4. The Balaban J connectivity index is 4.50. The third-order valence-electron chi connectivity index (χ3n) is 10.8. The molecule has 6 nitrogen and oxygen atoms in total. The Hall–Kier alpha value is -4.19. The van der Waals surface area contributed by atoms with E-state index in [4.69, 9.17) is 14.2 Å². The largest absolute Gasteiger partial charge is 0.462 e. The molecule has 0 aliphatic rings. The average Bonchev–Trinajstić information content (AvgIpc) is 3.31. The standard InChI is InChI=1S/C60H96O6/c1-4-7-10-13-16-19-22-25-27-29-30-32-33-35-38-41-44-47-50-53-59(62)65-56-57(55-64-58(61)52-49-46-43-40-37-24-21-18-15-12-9-6-3)66-60(63)54-51-48-45-42-39-36-34-31-28-26-23-20-17-14-11-8-5-2/h8-9,11-12,14,17-18,20-21,23,26,28-31,34,36-37,39-40,57H,4-7,10,13,15-16,19,22,24-25,27,32-33,35,38,41-56H2,1-3H3/b11-8-,12-9-,17-14-,21-18-,23-20-,28-26-,30-29-,34-31+,39-36-,40-37-. The Bertz CT molecular complexity index is 1420. The van der Waals surface area contributed by atoms with Gasteiger partial charge in [-0.2, -0.15) is 0 Å². The summed E-state index contributed by atoms with van der Waals surface area (Å²) in [4.78, 5) is 38.0. The normalized spacial score (nSPS) is 13.1. The van der Waals surface area contributed by atoms with Crippen LogP contribution >= 0.6 is 0 Å². The van der Waals surface area contributed by atoms with Crippen LogP contribution in [-0.2, 0) is 28.6 Å². The van der Waals surface area contributed by atoms with Crippen LogP contribution in [-0.4, -0.2) is 37.2 Å². The lowest BCUT2D eigenvalue weighted by Gasteiger charge is -2.18. The van der Waals surface area contributed by atoms with Crippen molar-refractivity contribution in [3.63, 3.8) is 0 Å². The zero-order chi connectivity index (χ0) is 47.9. The van der Waals surface area contributed by atoms with Gasteiger partial charge < -0.3 is 14.2 Å². The maximum Gasteiger partial charge on any atom is 0.306 e. The van der Waals surface area contributed by atoms with Gasteiger partial charge >= 0.3 is 17.9 Å². The quantitative estimate of drug-likeness (QED) is 0.0199. The number of hydrogen-bond donors (Lipinski definition) is 0. The molecule has 1 unspecified atom stereocenters. The Morgan fingerprint density at radius 1 is 0.333 bits per heavy atom. The molecule has 0 radical (unpaired) electrons. The van der Waals surface area contributed by atoms with Crippen molar-refractivity contribution < 1.29 is 28.6 Å². The molecular formula is C60H96O6. The van der Waals surface area contributed by atoms with Gasteiger partial charge in [0.05, 0.1) is 0 Å². The van der Waals surface area contributed by atoms with E-state index in [9.17, 15) is 14.4 Å². The molecule has 0 spiro atoms. The molecule has 0 fully saturated rings. The molecule has 0 rings (SSSR count). The fourth-order valence-corrected chi connectivity index (χ4v) is 6.89. The lowest BCUT2D eigenvalue weighted by molar-refractivity contribution is -0.167. The third-order valence-corrected chi connectivity index (χ3v) is 10.8. The molecule has 0 N–H and O–H groups in total. The first kappa shape index (κ1) is 61.8.